The summed E-state index contributed by atoms with van der Waals surface area (Å²) in [4.78, 5) is 126. The normalized spacial score (nSPS) is 26.5. The molecule has 21 heteroatoms. The Balaban J connectivity index is 2.05. The molecule has 1 unspecified atom stereocenters. The molecule has 1 fully saturated rings. The smallest absolute Gasteiger partial charge is 0.161 e. The molecule has 4 aliphatic rings. The average Bonchev–Trinajstić information content (AvgIpc) is 3.78. The zero-order valence-electron chi connectivity index (χ0n) is 35.9. The summed E-state index contributed by atoms with van der Waals surface area (Å²) in [7, 11) is 0. The number of nitrogens with one attached hydrogen (secondary N) is 2. The van der Waals surface area contributed by atoms with Crippen LogP contribution >= 0.6 is 0 Å². The standard InChI is InChI=1S/C44H52N4O17/c1-20(49)44-40-25(14-37(60)61)41(2,12-11-35(56)57)30(47-40)16-27-21(5-8-32(50)51)22(13-36(58)59)26(45-27)15-28-23(6-9-33(52)53)42(3,18-38(62)63)31(46-28)17-29(48-44)24(7-10-34(54)55)43(44,4)19-39(64)65/h17,24,45,48H,5-16,18-19H2,1-4H3,(H,50,51)(H,52,53)(H,54,55)(H,56,57)(H,58,59)(H,60,61)(H,62,63)(H,64,65)/p-8/b29-17-/t24-,41-,42+,43+,44?/m1/s1. The minimum absolute atomic E-state index is 0.00629. The minimum atomic E-state index is -2.46. The van der Waals surface area contributed by atoms with Gasteiger partial charge in [0.15, 0.2) is 5.78 Å². The molecule has 5 rings (SSSR count). The Kier molecular flexibility index (Phi) is 13.8. The fourth-order valence-electron chi connectivity index (χ4n) is 10.5. The maximum atomic E-state index is 14.7. The van der Waals surface area contributed by atoms with Crippen LogP contribution in [0.25, 0.3) is 0 Å². The Morgan fingerprint density at radius 2 is 1.20 bits per heavy atom. The lowest BCUT2D eigenvalue weighted by Gasteiger charge is -2.45. The third-order valence-corrected chi connectivity index (χ3v) is 13.5. The lowest BCUT2D eigenvalue weighted by atomic mass is 9.59. The number of aromatic amines is 1. The predicted octanol–water partition coefficient (Wildman–Crippen LogP) is -7.03. The second kappa shape index (κ2) is 18.3. The number of H-pyrrole nitrogens is 1. The molecule has 0 saturated carbocycles. The van der Waals surface area contributed by atoms with Crippen molar-refractivity contribution in [3.63, 3.8) is 0 Å². The van der Waals surface area contributed by atoms with Crippen LogP contribution < -0.4 is 46.2 Å². The maximum Gasteiger partial charge on any atom is 0.161 e. The van der Waals surface area contributed by atoms with Crippen molar-refractivity contribution in [2.75, 3.05) is 0 Å². The summed E-state index contributed by atoms with van der Waals surface area (Å²) in [5.74, 6) is -15.3. The van der Waals surface area contributed by atoms with Gasteiger partial charge in [-0.25, -0.2) is 0 Å². The summed E-state index contributed by atoms with van der Waals surface area (Å²) >= 11 is 0. The fourth-order valence-corrected chi connectivity index (χ4v) is 10.5. The molecule has 0 amide bonds. The number of hydrogen-bond donors (Lipinski definition) is 2. The molecule has 1 saturated heterocycles. The number of carbonyl (C=O) groups is 9. The molecule has 4 aliphatic heterocycles. The number of Topliss-reactive ketones (excluding diaryl/α,β-unsaturated/α-hetero) is 1. The molecule has 5 atom stereocenters. The number of allylic oxidation sites excluding steroid dienone is 4. The maximum absolute atomic E-state index is 14.7. The molecule has 350 valence electrons. The Morgan fingerprint density at radius 3 is 1.74 bits per heavy atom. The topological polar surface area (TPSA) is 391 Å². The molecule has 0 radical (unpaired) electrons. The predicted molar refractivity (Wildman–Crippen MR) is 203 cm³/mol. The fraction of sp³-hybridized carbons (Fsp3) is 0.523. The summed E-state index contributed by atoms with van der Waals surface area (Å²) in [5, 5.41) is 102. The van der Waals surface area contributed by atoms with Crippen molar-refractivity contribution in [2.45, 2.75) is 123 Å². The highest BCUT2D eigenvalue weighted by Gasteiger charge is 2.66. The van der Waals surface area contributed by atoms with Crippen molar-refractivity contribution < 1.29 is 84.0 Å². The number of aliphatic carboxylic acids is 8. The van der Waals surface area contributed by atoms with Crippen LogP contribution in [0.4, 0.5) is 0 Å². The molecule has 21 nitrogen and oxygen atoms in total. The quantitative estimate of drug-likeness (QED) is 0.116. The Labute approximate surface area is 370 Å². The third-order valence-electron chi connectivity index (χ3n) is 13.5. The van der Waals surface area contributed by atoms with Gasteiger partial charge in [-0.15, -0.1) is 0 Å². The number of rotatable bonds is 21. The summed E-state index contributed by atoms with van der Waals surface area (Å²) < 4.78 is 0. The van der Waals surface area contributed by atoms with Crippen LogP contribution in [-0.2, 0) is 68.8 Å². The van der Waals surface area contributed by atoms with E-state index in [1.54, 1.807) is 0 Å². The molecule has 0 spiro atoms. The van der Waals surface area contributed by atoms with Gasteiger partial charge < -0.3 is 89.5 Å². The second-order valence-corrected chi connectivity index (χ2v) is 17.6. The number of ketones is 1. The van der Waals surface area contributed by atoms with Gasteiger partial charge in [0, 0.05) is 131 Å². The van der Waals surface area contributed by atoms with Crippen LogP contribution in [0.15, 0.2) is 44.3 Å². The second-order valence-electron chi connectivity index (χ2n) is 17.6. The molecule has 2 N–H and O–H groups in total. The van der Waals surface area contributed by atoms with Crippen molar-refractivity contribution in [3.8, 4) is 0 Å². The Hall–Kier alpha value is -6.93. The van der Waals surface area contributed by atoms with E-state index in [4.69, 9.17) is 9.98 Å². The van der Waals surface area contributed by atoms with Crippen molar-refractivity contribution in [1.29, 1.82) is 0 Å². The van der Waals surface area contributed by atoms with Gasteiger partial charge in [0.1, 0.15) is 5.54 Å². The van der Waals surface area contributed by atoms with Crippen LogP contribution in [0, 0.1) is 22.2 Å². The van der Waals surface area contributed by atoms with Crippen molar-refractivity contribution in [3.05, 3.63) is 56.8 Å². The van der Waals surface area contributed by atoms with Crippen molar-refractivity contribution >= 4 is 65.0 Å². The van der Waals surface area contributed by atoms with E-state index < -0.39 is 177 Å². The van der Waals surface area contributed by atoms with Crippen LogP contribution in [0.5, 0.6) is 0 Å². The van der Waals surface area contributed by atoms with E-state index in [0.717, 1.165) is 6.92 Å². The van der Waals surface area contributed by atoms with Gasteiger partial charge in [0.2, 0.25) is 0 Å². The van der Waals surface area contributed by atoms with E-state index in [2.05, 4.69) is 10.3 Å². The highest BCUT2D eigenvalue weighted by Crippen LogP contribution is 2.60. The number of carboxylic acids is 8. The van der Waals surface area contributed by atoms with Gasteiger partial charge in [-0.3, -0.25) is 14.8 Å². The summed E-state index contributed by atoms with van der Waals surface area (Å²) in [6.07, 6.45) is -7.97. The van der Waals surface area contributed by atoms with E-state index in [9.17, 15) is 84.0 Å². The van der Waals surface area contributed by atoms with E-state index >= 15 is 0 Å². The number of fused-ring (bicyclic) bond motifs is 7. The first-order chi connectivity index (χ1) is 30.2. The van der Waals surface area contributed by atoms with Crippen molar-refractivity contribution in [1.82, 2.24) is 10.3 Å². The van der Waals surface area contributed by atoms with Gasteiger partial charge >= 0.3 is 0 Å². The van der Waals surface area contributed by atoms with E-state index in [-0.39, 0.29) is 56.5 Å². The van der Waals surface area contributed by atoms with E-state index in [1.165, 1.54) is 26.8 Å². The molecule has 1 aromatic rings. The largest absolute Gasteiger partial charge is 0.550 e. The monoisotopic (exact) mass is 900 g/mol. The molecule has 0 aromatic carbocycles. The van der Waals surface area contributed by atoms with Gasteiger partial charge in [-0.1, -0.05) is 13.8 Å². The number of carbonyl (C=O) groups excluding carboxylic acids is 9. The summed E-state index contributed by atoms with van der Waals surface area (Å²) in [6.45, 7) is 5.11. The molecular weight excluding hydrogens is 856 g/mol. The molecule has 5 heterocycles. The number of nitrogens with zero attached hydrogens (tertiary/aromatic N) is 2. The average molecular weight is 901 g/mol. The van der Waals surface area contributed by atoms with Crippen LogP contribution in [0.3, 0.4) is 0 Å². The van der Waals surface area contributed by atoms with E-state index in [0.29, 0.717) is 0 Å². The van der Waals surface area contributed by atoms with Gasteiger partial charge in [-0.2, -0.15) is 0 Å². The van der Waals surface area contributed by atoms with Crippen LogP contribution in [-0.4, -0.2) is 75.5 Å². The number of carboxylic acid groups (broad SMARTS) is 8. The Bertz CT molecular complexity index is 2450. The van der Waals surface area contributed by atoms with Gasteiger partial charge in [0.05, 0.1) is 11.4 Å². The molecule has 0 aliphatic carbocycles. The van der Waals surface area contributed by atoms with Crippen LogP contribution in [0.2, 0.25) is 0 Å². The van der Waals surface area contributed by atoms with Gasteiger partial charge in [-0.05, 0) is 100.0 Å². The molecule has 65 heavy (non-hydrogen) atoms. The minimum Gasteiger partial charge on any atom is -0.550 e. The lowest BCUT2D eigenvalue weighted by Crippen LogP contribution is -2.59. The zero-order valence-corrected chi connectivity index (χ0v) is 35.9. The highest BCUT2D eigenvalue weighted by atomic mass is 16.4. The first-order valence-electron chi connectivity index (χ1n) is 20.6. The first-order valence-corrected chi connectivity index (χ1v) is 20.6. The third kappa shape index (κ3) is 9.35. The van der Waals surface area contributed by atoms with Crippen LogP contribution in [0.1, 0.15) is 114 Å². The number of hydrogen-bond acceptors (Lipinski definition) is 20. The lowest BCUT2D eigenvalue weighted by molar-refractivity contribution is -0.310. The zero-order chi connectivity index (χ0) is 48.6. The van der Waals surface area contributed by atoms with Gasteiger partial charge in [0.25, 0.3) is 0 Å². The summed E-state index contributed by atoms with van der Waals surface area (Å²) in [5.41, 5.74) is -8.79. The number of aromatic nitrogens is 1. The molecule has 1 aromatic heterocycles. The molecular formula is C44H44N4O17-8. The van der Waals surface area contributed by atoms with E-state index in [1.807, 2.05) is 0 Å². The SMILES string of the molecule is CC(=O)C12N/C(=C\C3=NC(=C(CCC(=O)[O-])[C@]3(C)CC(=O)[O-])Cc3[nH]c(c(CCC(=O)[O-])c3CC(=O)[O-])CC3=NC1=C(CC(=O)[O-])[C@@]3(C)CCC(=O)[O-])[C@@H](CCC(=O)[O-])[C@]2(C)CC(=O)[O-]. The highest BCUT2D eigenvalue weighted by molar-refractivity contribution is 6.07. The number of aliphatic imine (C=N–C) groups is 2. The Morgan fingerprint density at radius 1 is 0.631 bits per heavy atom. The van der Waals surface area contributed by atoms with Crippen molar-refractivity contribution in [2.24, 2.45) is 32.1 Å². The molecule has 8 bridgehead atoms. The summed E-state index contributed by atoms with van der Waals surface area (Å²) in [6, 6.07) is 0. The first kappa shape index (κ1) is 49.1.